The first-order chi connectivity index (χ1) is 30.5. The largest absolute Gasteiger partial charge is 1.00 e. The van der Waals surface area contributed by atoms with Crippen LogP contribution in [-0.4, -0.2) is 117 Å². The van der Waals surface area contributed by atoms with Gasteiger partial charge in [-0.05, 0) is 110 Å². The fourth-order valence-corrected chi connectivity index (χ4v) is 7.24. The van der Waals surface area contributed by atoms with Crippen molar-refractivity contribution in [2.75, 3.05) is 46.5 Å². The smallest absolute Gasteiger partial charge is 1.00 e. The van der Waals surface area contributed by atoms with Gasteiger partial charge in [-0.3, -0.25) is 19.2 Å². The van der Waals surface area contributed by atoms with Crippen LogP contribution in [0.15, 0.2) is 97.1 Å². The van der Waals surface area contributed by atoms with Gasteiger partial charge in [-0.1, -0.05) is 50.2 Å². The molecular formula is C49H59BLiN4O10. The Kier molecular flexibility index (Phi) is 22.4. The number of carbonyl (C=O) groups is 6. The summed E-state index contributed by atoms with van der Waals surface area (Å²) in [7, 11) is 1.29. The van der Waals surface area contributed by atoms with E-state index in [1.165, 1.54) is 13.2 Å². The van der Waals surface area contributed by atoms with Crippen molar-refractivity contribution in [1.29, 1.82) is 0 Å². The number of fused-ring (bicyclic) bond motifs is 22. The molecule has 2 unspecified atom stereocenters. The standard InChI is InChI=1S/C25H30N2O5.C24H28N2O5.B.Li.H/c1-3-13-27-14-4-5-15-32-21-11-9-18(10-12-21)16-22(25(30)31-2)26-23(28)19-7-6-8-20(17-19)24(27)29;1-2-12-26-13-3-4-14-31-20-10-8-17(9-11-20)15-21(24(29)30)25-22(27)18-6-5-7-19(16-18)23(26)28;;;/h6-12,17,22H,3-5,13-16H2,1-2H3,(H,26,28);5-11,16,21H,2-4,12-15H2,1H3,(H,25,27)(H,29,30);;;/q;;;+1;-1. The zero-order valence-electron chi connectivity index (χ0n) is 38.9. The number of benzene rings is 4. The molecule has 0 fully saturated rings. The summed E-state index contributed by atoms with van der Waals surface area (Å²) in [6, 6.07) is 25.8. The van der Waals surface area contributed by atoms with Gasteiger partial charge in [0.2, 0.25) is 0 Å². The number of carbonyl (C=O) groups excluding carboxylic acids is 5. The topological polar surface area (TPSA) is 181 Å². The maximum Gasteiger partial charge on any atom is 1.00 e. The van der Waals surface area contributed by atoms with Gasteiger partial charge in [0.25, 0.3) is 23.6 Å². The van der Waals surface area contributed by atoms with E-state index in [1.54, 1.807) is 59.5 Å². The number of hydrogen-bond donors (Lipinski definition) is 3. The molecule has 0 aliphatic carbocycles. The minimum atomic E-state index is -1.12. The Labute approximate surface area is 397 Å². The van der Waals surface area contributed by atoms with Crippen molar-refractivity contribution >= 4 is 44.0 Å². The van der Waals surface area contributed by atoms with E-state index in [0.717, 1.165) is 55.4 Å². The van der Waals surface area contributed by atoms with Crippen molar-refractivity contribution in [3.8, 4) is 11.5 Å². The van der Waals surface area contributed by atoms with E-state index >= 15 is 0 Å². The molecule has 4 heterocycles. The number of hydrogen-bond acceptors (Lipinski definition) is 9. The number of esters is 1. The van der Waals surface area contributed by atoms with Crippen molar-refractivity contribution in [3.63, 3.8) is 0 Å². The Morgan fingerprint density at radius 1 is 0.646 bits per heavy atom. The van der Waals surface area contributed by atoms with Crippen LogP contribution in [0.3, 0.4) is 0 Å². The molecule has 4 aromatic rings. The van der Waals surface area contributed by atoms with Crippen LogP contribution < -0.4 is 39.0 Å². The molecule has 4 amide bonds. The number of carboxylic acid groups (broad SMARTS) is 1. The molecule has 4 aliphatic heterocycles. The zero-order chi connectivity index (χ0) is 45.1. The molecule has 0 spiro atoms. The third kappa shape index (κ3) is 16.2. The number of nitrogens with one attached hydrogen (secondary N) is 2. The van der Waals surface area contributed by atoms with E-state index in [9.17, 15) is 33.9 Å². The van der Waals surface area contributed by atoms with Gasteiger partial charge in [0.1, 0.15) is 23.6 Å². The number of ether oxygens (including phenoxy) is 3. The first kappa shape index (κ1) is 53.3. The minimum absolute atomic E-state index is 0. The number of amides is 4. The predicted molar refractivity (Wildman–Crippen MR) is 244 cm³/mol. The van der Waals surface area contributed by atoms with Crippen molar-refractivity contribution < 1.29 is 68.4 Å². The summed E-state index contributed by atoms with van der Waals surface area (Å²) >= 11 is 0. The van der Waals surface area contributed by atoms with E-state index in [-0.39, 0.29) is 58.9 Å². The summed E-state index contributed by atoms with van der Waals surface area (Å²) < 4.78 is 16.5. The first-order valence-corrected chi connectivity index (χ1v) is 21.6. The summed E-state index contributed by atoms with van der Waals surface area (Å²) in [5.74, 6) is -1.41. The van der Waals surface area contributed by atoms with Gasteiger partial charge in [0.15, 0.2) is 0 Å². The van der Waals surface area contributed by atoms with Gasteiger partial charge >= 0.3 is 30.8 Å². The average Bonchev–Trinajstić information content (AvgIpc) is 3.30. The molecule has 339 valence electrons. The number of methoxy groups -OCH3 is 1. The molecule has 8 rings (SSSR count). The Morgan fingerprint density at radius 2 is 1.05 bits per heavy atom. The molecule has 2 atom stereocenters. The second-order valence-corrected chi connectivity index (χ2v) is 15.5. The molecule has 8 bridgehead atoms. The predicted octanol–water partition coefficient (Wildman–Crippen LogP) is 3.10. The van der Waals surface area contributed by atoms with Crippen LogP contribution in [-0.2, 0) is 27.2 Å². The average molecular weight is 882 g/mol. The van der Waals surface area contributed by atoms with E-state index in [2.05, 4.69) is 10.6 Å². The number of rotatable bonds is 6. The molecule has 16 heteroatoms. The molecule has 14 nitrogen and oxygen atoms in total. The number of aliphatic carboxylic acids is 1. The molecule has 4 aliphatic rings. The van der Waals surface area contributed by atoms with Crippen LogP contribution in [0.5, 0.6) is 11.5 Å². The summed E-state index contributed by atoms with van der Waals surface area (Å²) in [6.45, 7) is 7.63. The second-order valence-electron chi connectivity index (χ2n) is 15.5. The number of carboxylic acids is 1. The Bertz CT molecular complexity index is 2200. The van der Waals surface area contributed by atoms with Crippen LogP contribution in [0.1, 0.15) is 106 Å². The second kappa shape index (κ2) is 27.3. The monoisotopic (exact) mass is 881 g/mol. The quantitative estimate of drug-likeness (QED) is 0.193. The van der Waals surface area contributed by atoms with Gasteiger partial charge in [-0.15, -0.1) is 0 Å². The van der Waals surface area contributed by atoms with Gasteiger partial charge in [-0.2, -0.15) is 0 Å². The van der Waals surface area contributed by atoms with Crippen molar-refractivity contribution in [2.24, 2.45) is 0 Å². The van der Waals surface area contributed by atoms with Crippen LogP contribution >= 0.6 is 0 Å². The molecule has 3 N–H and O–H groups in total. The fraction of sp³-hybridized carbons (Fsp3) is 0.388. The van der Waals surface area contributed by atoms with E-state index in [4.69, 9.17) is 14.2 Å². The van der Waals surface area contributed by atoms with Gasteiger partial charge < -0.3 is 41.2 Å². The maximum atomic E-state index is 13.1. The number of nitrogens with zero attached hydrogens (tertiary/aromatic N) is 2. The summed E-state index contributed by atoms with van der Waals surface area (Å²) in [6.07, 6.45) is 5.35. The maximum absolute atomic E-state index is 13.1. The minimum Gasteiger partial charge on any atom is -1.00 e. The molecule has 3 radical (unpaired) electrons. The molecule has 65 heavy (non-hydrogen) atoms. The summed E-state index contributed by atoms with van der Waals surface area (Å²) in [4.78, 5) is 79.4. The van der Waals surface area contributed by atoms with E-state index in [1.807, 2.05) is 55.1 Å². The van der Waals surface area contributed by atoms with Crippen molar-refractivity contribution in [3.05, 3.63) is 130 Å². The van der Waals surface area contributed by atoms with E-state index in [0.29, 0.717) is 61.8 Å². The van der Waals surface area contributed by atoms with Crippen LogP contribution in [0.2, 0.25) is 0 Å². The zero-order valence-corrected chi connectivity index (χ0v) is 37.9. The molecule has 4 aromatic carbocycles. The Morgan fingerprint density at radius 3 is 1.45 bits per heavy atom. The van der Waals surface area contributed by atoms with Crippen molar-refractivity contribution in [2.45, 2.75) is 77.3 Å². The van der Waals surface area contributed by atoms with Crippen LogP contribution in [0.4, 0.5) is 0 Å². The Balaban J connectivity index is 0.000000434. The van der Waals surface area contributed by atoms with Crippen LogP contribution in [0.25, 0.3) is 0 Å². The van der Waals surface area contributed by atoms with Gasteiger partial charge in [-0.25, -0.2) is 9.59 Å². The van der Waals surface area contributed by atoms with Crippen LogP contribution in [0, 0.1) is 0 Å². The first-order valence-electron chi connectivity index (χ1n) is 21.6. The Hall–Kier alpha value is -6.04. The van der Waals surface area contributed by atoms with Gasteiger partial charge in [0.05, 0.1) is 20.3 Å². The van der Waals surface area contributed by atoms with Crippen molar-refractivity contribution in [1.82, 2.24) is 20.4 Å². The third-order valence-electron chi connectivity index (χ3n) is 10.6. The van der Waals surface area contributed by atoms with E-state index < -0.39 is 35.8 Å². The SMILES string of the molecule is CCCN1CCCCOc2ccc(cc2)CC(C(=O)O)NC(=O)c2cccc(c2)C1=O.CCCN1CCCCOc2ccc(cc2)CC(C(=O)OC)NC(=O)c2cccc(c2)C1=O.[B].[H-].[Li+]. The summed E-state index contributed by atoms with van der Waals surface area (Å²) in [5, 5.41) is 14.9. The molecular weight excluding hydrogens is 822 g/mol. The fourth-order valence-electron chi connectivity index (χ4n) is 7.24. The molecule has 0 aromatic heterocycles. The third-order valence-corrected chi connectivity index (χ3v) is 10.6. The normalized spacial score (nSPS) is 17.3. The molecule has 0 saturated carbocycles. The summed E-state index contributed by atoms with van der Waals surface area (Å²) in [5.41, 5.74) is 3.10. The molecule has 0 saturated heterocycles. The van der Waals surface area contributed by atoms with Gasteiger partial charge in [0, 0.05) is 69.7 Å².